The van der Waals surface area contributed by atoms with Gasteiger partial charge in [0.05, 0.1) is 26.9 Å². The molecule has 1 aromatic carbocycles. The normalized spacial score (nSPS) is 12.0. The number of hydrogen-bond donors (Lipinski definition) is 1. The third kappa shape index (κ3) is 3.14. The van der Waals surface area contributed by atoms with E-state index in [-0.39, 0.29) is 5.56 Å². The lowest BCUT2D eigenvalue weighted by Crippen LogP contribution is -2.12. The summed E-state index contributed by atoms with van der Waals surface area (Å²) in [6, 6.07) is 1.72. The Morgan fingerprint density at radius 1 is 1.04 bits per heavy atom. The molecule has 1 heterocycles. The number of benzene rings is 1. The average Bonchev–Trinajstić information content (AvgIpc) is 2.56. The maximum Gasteiger partial charge on any atom is 0.220 e. The molecule has 0 radical (unpaired) electrons. The first-order valence-electron chi connectivity index (χ1n) is 7.15. The SMILES string of the molecule is COc1cc(C)c(C(O)c2c(F)ncc(C)c2I)c(OC)c1OC. The molecule has 0 aliphatic rings. The van der Waals surface area contributed by atoms with Crippen LogP contribution in [0.4, 0.5) is 4.39 Å². The van der Waals surface area contributed by atoms with Crippen molar-refractivity contribution in [3.05, 3.63) is 44.0 Å². The molecular weight excluding hydrogens is 428 g/mol. The molecule has 0 fully saturated rings. The van der Waals surface area contributed by atoms with Crippen LogP contribution in [-0.2, 0) is 0 Å². The highest BCUT2D eigenvalue weighted by Crippen LogP contribution is 2.46. The second-order valence-electron chi connectivity index (χ2n) is 5.24. The van der Waals surface area contributed by atoms with Gasteiger partial charge >= 0.3 is 0 Å². The lowest BCUT2D eigenvalue weighted by Gasteiger charge is -2.22. The fourth-order valence-electron chi connectivity index (χ4n) is 2.60. The van der Waals surface area contributed by atoms with E-state index in [1.165, 1.54) is 27.5 Å². The number of nitrogens with zero attached hydrogens (tertiary/aromatic N) is 1. The number of methoxy groups -OCH3 is 3. The summed E-state index contributed by atoms with van der Waals surface area (Å²) in [6.07, 6.45) is 0.186. The van der Waals surface area contributed by atoms with E-state index in [4.69, 9.17) is 14.2 Å². The van der Waals surface area contributed by atoms with Crippen molar-refractivity contribution in [1.29, 1.82) is 0 Å². The van der Waals surface area contributed by atoms with Crippen molar-refractivity contribution in [2.75, 3.05) is 21.3 Å². The molecule has 2 aromatic rings. The highest BCUT2D eigenvalue weighted by molar-refractivity contribution is 14.1. The summed E-state index contributed by atoms with van der Waals surface area (Å²) in [5.74, 6) is 0.406. The van der Waals surface area contributed by atoms with Gasteiger partial charge in [0.1, 0.15) is 6.10 Å². The maximum atomic E-state index is 14.3. The fourth-order valence-corrected chi connectivity index (χ4v) is 3.26. The zero-order chi connectivity index (χ0) is 18.0. The standard InChI is InChI=1S/C17H19FINO4/c1-8-6-10(22-3)15(23-4)16(24-5)11(8)14(21)12-13(19)9(2)7-20-17(12)18/h6-7,14,21H,1-5H3. The van der Waals surface area contributed by atoms with E-state index in [1.54, 1.807) is 13.0 Å². The molecule has 130 valence electrons. The van der Waals surface area contributed by atoms with Crippen molar-refractivity contribution in [3.8, 4) is 17.2 Å². The van der Waals surface area contributed by atoms with E-state index < -0.39 is 12.1 Å². The van der Waals surface area contributed by atoms with E-state index in [0.29, 0.717) is 31.9 Å². The largest absolute Gasteiger partial charge is 0.493 e. The van der Waals surface area contributed by atoms with E-state index in [2.05, 4.69) is 4.98 Å². The van der Waals surface area contributed by atoms with Crippen LogP contribution in [0.5, 0.6) is 17.2 Å². The van der Waals surface area contributed by atoms with Gasteiger partial charge in [-0.05, 0) is 53.6 Å². The molecule has 0 aliphatic heterocycles. The Morgan fingerprint density at radius 2 is 1.67 bits per heavy atom. The highest BCUT2D eigenvalue weighted by Gasteiger charge is 2.28. The van der Waals surface area contributed by atoms with Gasteiger partial charge in [-0.3, -0.25) is 0 Å². The predicted molar refractivity (Wildman–Crippen MR) is 96.5 cm³/mol. The number of hydrogen-bond acceptors (Lipinski definition) is 5. The summed E-state index contributed by atoms with van der Waals surface area (Å²) in [6.45, 7) is 3.60. The molecular formula is C17H19FINO4. The summed E-state index contributed by atoms with van der Waals surface area (Å²) < 4.78 is 31.0. The zero-order valence-electron chi connectivity index (χ0n) is 14.1. The fraction of sp³-hybridized carbons (Fsp3) is 0.353. The van der Waals surface area contributed by atoms with Crippen molar-refractivity contribution in [2.45, 2.75) is 20.0 Å². The number of aromatic nitrogens is 1. The molecule has 0 amide bonds. The third-order valence-electron chi connectivity index (χ3n) is 3.80. The summed E-state index contributed by atoms with van der Waals surface area (Å²) in [5, 5.41) is 10.9. The lowest BCUT2D eigenvalue weighted by molar-refractivity contribution is 0.204. The van der Waals surface area contributed by atoms with E-state index in [0.717, 1.165) is 5.56 Å². The number of aliphatic hydroxyl groups excluding tert-OH is 1. The predicted octanol–water partition coefficient (Wildman–Crippen LogP) is 3.55. The molecule has 1 atom stereocenters. The smallest absolute Gasteiger partial charge is 0.220 e. The minimum atomic E-state index is -1.25. The quantitative estimate of drug-likeness (QED) is 0.562. The number of aliphatic hydroxyl groups is 1. The minimum Gasteiger partial charge on any atom is -0.493 e. The van der Waals surface area contributed by atoms with Crippen LogP contribution in [0.15, 0.2) is 12.3 Å². The molecule has 5 nitrogen and oxygen atoms in total. The van der Waals surface area contributed by atoms with Crippen LogP contribution in [0, 0.1) is 23.4 Å². The Kier molecular flexibility index (Phi) is 5.87. The van der Waals surface area contributed by atoms with Crippen LogP contribution in [0.2, 0.25) is 0 Å². The lowest BCUT2D eigenvalue weighted by atomic mass is 9.95. The number of aryl methyl sites for hydroxylation is 2. The topological polar surface area (TPSA) is 60.8 Å². The van der Waals surface area contributed by atoms with Gasteiger partial charge < -0.3 is 19.3 Å². The second kappa shape index (κ2) is 7.52. The number of halogens is 2. The summed E-state index contributed by atoms with van der Waals surface area (Å²) >= 11 is 2.00. The maximum absolute atomic E-state index is 14.3. The monoisotopic (exact) mass is 447 g/mol. The number of ether oxygens (including phenoxy) is 3. The Bertz CT molecular complexity index is 767. The summed E-state index contributed by atoms with van der Waals surface area (Å²) in [4.78, 5) is 3.72. The molecule has 0 saturated heterocycles. The van der Waals surface area contributed by atoms with Gasteiger partial charge in [0, 0.05) is 15.3 Å². The van der Waals surface area contributed by atoms with Gasteiger partial charge in [-0.2, -0.15) is 4.39 Å². The molecule has 2 rings (SSSR count). The molecule has 7 heteroatoms. The van der Waals surface area contributed by atoms with Crippen LogP contribution < -0.4 is 14.2 Å². The van der Waals surface area contributed by atoms with E-state index in [1.807, 2.05) is 29.5 Å². The van der Waals surface area contributed by atoms with Crippen LogP contribution in [-0.4, -0.2) is 31.4 Å². The molecule has 0 saturated carbocycles. The first kappa shape index (κ1) is 18.7. The first-order chi connectivity index (χ1) is 11.4. The first-order valence-corrected chi connectivity index (χ1v) is 8.23. The van der Waals surface area contributed by atoms with Gasteiger partial charge in [0.15, 0.2) is 11.5 Å². The van der Waals surface area contributed by atoms with Crippen molar-refractivity contribution in [3.63, 3.8) is 0 Å². The van der Waals surface area contributed by atoms with Crippen LogP contribution in [0.25, 0.3) is 0 Å². The van der Waals surface area contributed by atoms with Gasteiger partial charge in [-0.25, -0.2) is 4.98 Å². The van der Waals surface area contributed by atoms with Crippen LogP contribution in [0.3, 0.4) is 0 Å². The number of pyridine rings is 1. The van der Waals surface area contributed by atoms with Crippen LogP contribution >= 0.6 is 22.6 Å². The van der Waals surface area contributed by atoms with Crippen molar-refractivity contribution < 1.29 is 23.7 Å². The van der Waals surface area contributed by atoms with E-state index >= 15 is 0 Å². The average molecular weight is 447 g/mol. The molecule has 1 N–H and O–H groups in total. The van der Waals surface area contributed by atoms with E-state index in [9.17, 15) is 9.50 Å². The molecule has 1 unspecified atom stereocenters. The van der Waals surface area contributed by atoms with Gasteiger partial charge in [-0.15, -0.1) is 0 Å². The van der Waals surface area contributed by atoms with Crippen molar-refractivity contribution in [1.82, 2.24) is 4.98 Å². The summed E-state index contributed by atoms with van der Waals surface area (Å²) in [7, 11) is 4.45. The number of rotatable bonds is 5. The van der Waals surface area contributed by atoms with Crippen molar-refractivity contribution >= 4 is 22.6 Å². The zero-order valence-corrected chi connectivity index (χ0v) is 16.3. The molecule has 0 aliphatic carbocycles. The molecule has 0 spiro atoms. The molecule has 1 aromatic heterocycles. The Balaban J connectivity index is 2.75. The molecule has 0 bridgehead atoms. The van der Waals surface area contributed by atoms with Crippen LogP contribution in [0.1, 0.15) is 28.4 Å². The summed E-state index contributed by atoms with van der Waals surface area (Å²) in [5.41, 5.74) is 2.00. The Morgan fingerprint density at radius 3 is 2.21 bits per heavy atom. The second-order valence-corrected chi connectivity index (χ2v) is 6.32. The minimum absolute atomic E-state index is 0.115. The highest BCUT2D eigenvalue weighted by atomic mass is 127. The third-order valence-corrected chi connectivity index (χ3v) is 5.23. The Hall–Kier alpha value is -1.61. The van der Waals surface area contributed by atoms with Gasteiger partial charge in [0.25, 0.3) is 0 Å². The Labute approximate surface area is 153 Å². The van der Waals surface area contributed by atoms with Crippen molar-refractivity contribution in [2.24, 2.45) is 0 Å². The van der Waals surface area contributed by atoms with Gasteiger partial charge in [0.2, 0.25) is 11.7 Å². The van der Waals surface area contributed by atoms with Gasteiger partial charge in [-0.1, -0.05) is 0 Å². The molecule has 24 heavy (non-hydrogen) atoms.